The predicted octanol–water partition coefficient (Wildman–Crippen LogP) is 3.01. The normalized spacial score (nSPS) is 33.6. The van der Waals surface area contributed by atoms with E-state index in [9.17, 15) is 8.78 Å². The first-order chi connectivity index (χ1) is 7.70. The minimum atomic E-state index is -0.502. The number of hydrogen-bond acceptors (Lipinski definition) is 1. The Morgan fingerprint density at radius 3 is 2.25 bits per heavy atom. The van der Waals surface area contributed by atoms with Gasteiger partial charge in [0.1, 0.15) is 11.6 Å². The molecule has 1 aromatic carbocycles. The monoisotopic (exact) mass is 223 g/mol. The molecule has 0 spiro atoms. The minimum Gasteiger partial charge on any atom is -0.324 e. The number of nitrogens with two attached hydrogens (primary N) is 1. The van der Waals surface area contributed by atoms with E-state index in [1.807, 2.05) is 0 Å². The number of fused-ring (bicyclic) bond motifs is 1. The smallest absolute Gasteiger partial charge is 0.130 e. The topological polar surface area (TPSA) is 26.0 Å². The number of benzene rings is 1. The summed E-state index contributed by atoms with van der Waals surface area (Å²) in [4.78, 5) is 0. The Morgan fingerprint density at radius 2 is 1.69 bits per heavy atom. The summed E-state index contributed by atoms with van der Waals surface area (Å²) in [5.74, 6) is 0.540. The highest BCUT2D eigenvalue weighted by Gasteiger charge is 2.55. The van der Waals surface area contributed by atoms with Crippen LogP contribution in [0.3, 0.4) is 0 Å². The van der Waals surface area contributed by atoms with Crippen LogP contribution < -0.4 is 5.73 Å². The van der Waals surface area contributed by atoms with Crippen molar-refractivity contribution >= 4 is 0 Å². The molecule has 0 aliphatic heterocycles. The van der Waals surface area contributed by atoms with Crippen LogP contribution in [0.15, 0.2) is 18.2 Å². The van der Waals surface area contributed by atoms with Gasteiger partial charge >= 0.3 is 0 Å². The molecule has 3 unspecified atom stereocenters. The van der Waals surface area contributed by atoms with Gasteiger partial charge < -0.3 is 5.73 Å². The fourth-order valence-electron chi connectivity index (χ4n) is 3.43. The maximum atomic E-state index is 13.5. The quantitative estimate of drug-likeness (QED) is 0.819. The van der Waals surface area contributed by atoms with Gasteiger partial charge in [0.25, 0.3) is 0 Å². The molecule has 1 aromatic rings. The third kappa shape index (κ3) is 1.38. The highest BCUT2D eigenvalue weighted by molar-refractivity contribution is 5.26. The van der Waals surface area contributed by atoms with Crippen molar-refractivity contribution in [3.8, 4) is 0 Å². The van der Waals surface area contributed by atoms with Crippen LogP contribution in [0.4, 0.5) is 8.78 Å². The van der Waals surface area contributed by atoms with Gasteiger partial charge in [-0.25, -0.2) is 8.78 Å². The lowest BCUT2D eigenvalue weighted by Crippen LogP contribution is -2.18. The molecule has 0 saturated heterocycles. The van der Waals surface area contributed by atoms with Crippen LogP contribution in [-0.2, 0) is 0 Å². The maximum absolute atomic E-state index is 13.5. The van der Waals surface area contributed by atoms with Gasteiger partial charge in [0.05, 0.1) is 0 Å². The molecule has 0 heterocycles. The molecular formula is C13H15F2N. The number of hydrogen-bond donors (Lipinski definition) is 1. The lowest BCUT2D eigenvalue weighted by Gasteiger charge is -2.15. The van der Waals surface area contributed by atoms with Gasteiger partial charge in [-0.15, -0.1) is 0 Å². The molecule has 3 heteroatoms. The van der Waals surface area contributed by atoms with Crippen LogP contribution in [0.5, 0.6) is 0 Å². The second kappa shape index (κ2) is 3.52. The molecule has 0 bridgehead atoms. The van der Waals surface area contributed by atoms with Crippen molar-refractivity contribution in [2.24, 2.45) is 23.5 Å². The van der Waals surface area contributed by atoms with Crippen molar-refractivity contribution in [3.63, 3.8) is 0 Å². The van der Waals surface area contributed by atoms with E-state index in [1.54, 1.807) is 0 Å². The lowest BCUT2D eigenvalue weighted by molar-refractivity contribution is 0.455. The van der Waals surface area contributed by atoms with Crippen LogP contribution in [0.1, 0.15) is 30.9 Å². The van der Waals surface area contributed by atoms with E-state index in [0.29, 0.717) is 17.8 Å². The Morgan fingerprint density at radius 1 is 1.12 bits per heavy atom. The highest BCUT2D eigenvalue weighted by Crippen LogP contribution is 2.61. The zero-order valence-electron chi connectivity index (χ0n) is 9.00. The predicted molar refractivity (Wildman–Crippen MR) is 57.6 cm³/mol. The summed E-state index contributed by atoms with van der Waals surface area (Å²) in [7, 11) is 0. The van der Waals surface area contributed by atoms with Gasteiger partial charge in [-0.2, -0.15) is 0 Å². The van der Waals surface area contributed by atoms with Crippen molar-refractivity contribution in [3.05, 3.63) is 35.4 Å². The molecule has 2 fully saturated rings. The van der Waals surface area contributed by atoms with E-state index in [0.717, 1.165) is 0 Å². The van der Waals surface area contributed by atoms with Gasteiger partial charge in [0.2, 0.25) is 0 Å². The average molecular weight is 223 g/mol. The third-order valence-electron chi connectivity index (χ3n) is 4.22. The van der Waals surface area contributed by atoms with Crippen LogP contribution in [0, 0.1) is 29.4 Å². The first-order valence-electron chi connectivity index (χ1n) is 5.89. The summed E-state index contributed by atoms with van der Waals surface area (Å²) < 4.78 is 27.1. The van der Waals surface area contributed by atoms with Crippen molar-refractivity contribution in [2.75, 3.05) is 0 Å². The molecule has 2 aliphatic rings. The molecule has 2 saturated carbocycles. The number of rotatable bonds is 2. The standard InChI is InChI=1S/C13H15F2N/c14-9-5-2-6-10(15)12(9)13(16)11-7-3-1-4-8(7)11/h2,5-8,11,13H,1,3-4,16H2. The molecule has 1 nitrogen and oxygen atoms in total. The van der Waals surface area contributed by atoms with Crippen molar-refractivity contribution in [2.45, 2.75) is 25.3 Å². The molecule has 0 amide bonds. The Balaban J connectivity index is 1.87. The van der Waals surface area contributed by atoms with Gasteiger partial charge in [-0.3, -0.25) is 0 Å². The van der Waals surface area contributed by atoms with Crippen LogP contribution in [0.2, 0.25) is 0 Å². The Labute approximate surface area is 93.6 Å². The summed E-state index contributed by atoms with van der Waals surface area (Å²) in [6.07, 6.45) is 3.61. The Kier molecular flexibility index (Phi) is 2.25. The SMILES string of the molecule is NC(c1c(F)cccc1F)C1C2CCCC21. The molecule has 3 atom stereocenters. The minimum absolute atomic E-state index is 0.0851. The number of halogens is 2. The molecule has 2 aliphatic carbocycles. The maximum Gasteiger partial charge on any atom is 0.130 e. The summed E-state index contributed by atoms with van der Waals surface area (Å²) in [6.45, 7) is 0. The fraction of sp³-hybridized carbons (Fsp3) is 0.538. The molecular weight excluding hydrogens is 208 g/mol. The van der Waals surface area contributed by atoms with E-state index < -0.39 is 17.7 Å². The van der Waals surface area contributed by atoms with E-state index >= 15 is 0 Å². The van der Waals surface area contributed by atoms with Crippen LogP contribution in [0.25, 0.3) is 0 Å². The summed E-state index contributed by atoms with van der Waals surface area (Å²) >= 11 is 0. The van der Waals surface area contributed by atoms with Gasteiger partial charge in [-0.1, -0.05) is 12.5 Å². The molecule has 0 radical (unpaired) electrons. The van der Waals surface area contributed by atoms with E-state index in [4.69, 9.17) is 5.73 Å². The zero-order valence-corrected chi connectivity index (χ0v) is 9.00. The second-order valence-electron chi connectivity index (χ2n) is 5.00. The van der Waals surface area contributed by atoms with Crippen molar-refractivity contribution in [1.29, 1.82) is 0 Å². The summed E-state index contributed by atoms with van der Waals surface area (Å²) in [6, 6.07) is 3.50. The third-order valence-corrected chi connectivity index (χ3v) is 4.22. The lowest BCUT2D eigenvalue weighted by atomic mass is 9.97. The zero-order chi connectivity index (χ0) is 11.3. The van der Waals surface area contributed by atoms with Gasteiger partial charge in [-0.05, 0) is 42.7 Å². The van der Waals surface area contributed by atoms with E-state index in [-0.39, 0.29) is 5.56 Å². The Hall–Kier alpha value is -0.960. The van der Waals surface area contributed by atoms with E-state index in [2.05, 4.69) is 0 Å². The summed E-state index contributed by atoms with van der Waals surface area (Å²) in [5, 5.41) is 0. The van der Waals surface area contributed by atoms with Crippen LogP contribution >= 0.6 is 0 Å². The van der Waals surface area contributed by atoms with Crippen molar-refractivity contribution in [1.82, 2.24) is 0 Å². The Bertz CT molecular complexity index is 388. The summed E-state index contributed by atoms with van der Waals surface area (Å²) in [5.41, 5.74) is 6.10. The molecule has 3 rings (SSSR count). The van der Waals surface area contributed by atoms with Gasteiger partial charge in [0.15, 0.2) is 0 Å². The molecule has 16 heavy (non-hydrogen) atoms. The van der Waals surface area contributed by atoms with Crippen molar-refractivity contribution < 1.29 is 8.78 Å². The van der Waals surface area contributed by atoms with E-state index in [1.165, 1.54) is 37.5 Å². The second-order valence-corrected chi connectivity index (χ2v) is 5.00. The molecule has 0 aromatic heterocycles. The fourth-order valence-corrected chi connectivity index (χ4v) is 3.43. The molecule has 2 N–H and O–H groups in total. The average Bonchev–Trinajstić information content (AvgIpc) is 2.72. The van der Waals surface area contributed by atoms with Crippen LogP contribution in [-0.4, -0.2) is 0 Å². The highest BCUT2D eigenvalue weighted by atomic mass is 19.1. The first-order valence-corrected chi connectivity index (χ1v) is 5.89. The first kappa shape index (κ1) is 10.2. The van der Waals surface area contributed by atoms with Gasteiger partial charge in [0, 0.05) is 11.6 Å². The largest absolute Gasteiger partial charge is 0.324 e. The molecule has 86 valence electrons.